The van der Waals surface area contributed by atoms with Crippen molar-refractivity contribution in [1.29, 1.82) is 0 Å². The fourth-order valence-electron chi connectivity index (χ4n) is 3.80. The van der Waals surface area contributed by atoms with Crippen LogP contribution in [0.2, 0.25) is 0 Å². The Balaban J connectivity index is 1.44. The van der Waals surface area contributed by atoms with Gasteiger partial charge in [-0.05, 0) is 29.8 Å². The highest BCUT2D eigenvalue weighted by Crippen LogP contribution is 2.36. The molecule has 5 heteroatoms. The van der Waals surface area contributed by atoms with Gasteiger partial charge in [0.1, 0.15) is 11.5 Å². The number of rotatable bonds is 5. The molecule has 0 unspecified atom stereocenters. The Morgan fingerprint density at radius 3 is 2.40 bits per heavy atom. The first-order chi connectivity index (χ1) is 14.8. The summed E-state index contributed by atoms with van der Waals surface area (Å²) in [6.45, 7) is 1.12. The lowest BCUT2D eigenvalue weighted by Gasteiger charge is -2.27. The first kappa shape index (κ1) is 18.2. The van der Waals surface area contributed by atoms with Crippen LogP contribution in [-0.4, -0.2) is 21.0 Å². The second kappa shape index (κ2) is 7.87. The van der Waals surface area contributed by atoms with Crippen LogP contribution in [0, 0.1) is 0 Å². The van der Waals surface area contributed by atoms with Gasteiger partial charge in [-0.15, -0.1) is 0 Å². The molecule has 2 heterocycles. The molecule has 30 heavy (non-hydrogen) atoms. The number of H-pyrrole nitrogens is 1. The van der Waals surface area contributed by atoms with Crippen LogP contribution in [0.5, 0.6) is 11.5 Å². The van der Waals surface area contributed by atoms with Gasteiger partial charge in [0.05, 0.1) is 24.4 Å². The molecular formula is C25H21N3O2. The zero-order valence-electron chi connectivity index (χ0n) is 16.4. The number of amides is 1. The summed E-state index contributed by atoms with van der Waals surface area (Å²) in [4.78, 5) is 14.7. The van der Waals surface area contributed by atoms with Crippen molar-refractivity contribution in [3.63, 3.8) is 0 Å². The summed E-state index contributed by atoms with van der Waals surface area (Å²) in [5.41, 5.74) is 4.71. The molecule has 148 valence electrons. The first-order valence-corrected chi connectivity index (χ1v) is 9.98. The fourth-order valence-corrected chi connectivity index (χ4v) is 3.80. The van der Waals surface area contributed by atoms with E-state index in [0.29, 0.717) is 19.5 Å². The van der Waals surface area contributed by atoms with E-state index < -0.39 is 0 Å². The van der Waals surface area contributed by atoms with Crippen molar-refractivity contribution >= 4 is 5.91 Å². The molecule has 0 fully saturated rings. The summed E-state index contributed by atoms with van der Waals surface area (Å²) in [5.74, 6) is 1.59. The minimum atomic E-state index is 0.107. The topological polar surface area (TPSA) is 58.2 Å². The van der Waals surface area contributed by atoms with Crippen molar-refractivity contribution in [2.45, 2.75) is 19.5 Å². The lowest BCUT2D eigenvalue weighted by Crippen LogP contribution is -2.35. The van der Waals surface area contributed by atoms with Crippen LogP contribution in [0.15, 0.2) is 84.9 Å². The molecule has 0 spiro atoms. The minimum absolute atomic E-state index is 0.107. The van der Waals surface area contributed by atoms with Gasteiger partial charge in [-0.2, -0.15) is 5.10 Å². The first-order valence-electron chi connectivity index (χ1n) is 9.98. The fraction of sp³-hybridized carbons (Fsp3) is 0.120. The van der Waals surface area contributed by atoms with E-state index in [2.05, 4.69) is 10.2 Å². The molecule has 5 nitrogen and oxygen atoms in total. The maximum atomic E-state index is 12.9. The van der Waals surface area contributed by atoms with E-state index in [1.54, 1.807) is 0 Å². The molecule has 0 bridgehead atoms. The summed E-state index contributed by atoms with van der Waals surface area (Å²) in [5, 5.41) is 7.72. The molecule has 1 amide bonds. The normalized spacial score (nSPS) is 13.2. The van der Waals surface area contributed by atoms with Crippen molar-refractivity contribution in [3.8, 4) is 22.8 Å². The highest BCUT2D eigenvalue weighted by atomic mass is 16.5. The van der Waals surface area contributed by atoms with E-state index in [-0.39, 0.29) is 5.91 Å². The maximum absolute atomic E-state index is 12.9. The van der Waals surface area contributed by atoms with E-state index in [9.17, 15) is 4.79 Å². The summed E-state index contributed by atoms with van der Waals surface area (Å²) in [6, 6.07) is 27.5. The van der Waals surface area contributed by atoms with Gasteiger partial charge < -0.3 is 9.64 Å². The number of nitrogens with zero attached hydrogens (tertiary/aromatic N) is 2. The molecule has 1 aliphatic heterocycles. The number of aromatic amines is 1. The van der Waals surface area contributed by atoms with Crippen LogP contribution in [0.3, 0.4) is 0 Å². The smallest absolute Gasteiger partial charge is 0.227 e. The van der Waals surface area contributed by atoms with Crippen molar-refractivity contribution in [2.75, 3.05) is 0 Å². The van der Waals surface area contributed by atoms with Gasteiger partial charge in [-0.1, -0.05) is 60.7 Å². The Hall–Kier alpha value is -3.86. The third-order valence-electron chi connectivity index (χ3n) is 5.31. The van der Waals surface area contributed by atoms with Crippen LogP contribution < -0.4 is 4.74 Å². The standard InChI is InChI=1S/C25H21N3O2/c29-24-15-21-22(17-28(24)16-18-9-3-1-4-10-18)26-27-25(21)20-13-7-8-14-23(20)30-19-11-5-2-6-12-19/h1-14H,15-17H2,(H,26,27). The van der Waals surface area contributed by atoms with Crippen molar-refractivity contribution in [1.82, 2.24) is 15.1 Å². The van der Waals surface area contributed by atoms with Gasteiger partial charge in [-0.3, -0.25) is 9.89 Å². The molecule has 1 N–H and O–H groups in total. The lowest BCUT2D eigenvalue weighted by molar-refractivity contribution is -0.132. The van der Waals surface area contributed by atoms with Crippen LogP contribution in [0.4, 0.5) is 0 Å². The monoisotopic (exact) mass is 395 g/mol. The van der Waals surface area contributed by atoms with Crippen LogP contribution in [0.1, 0.15) is 16.8 Å². The van der Waals surface area contributed by atoms with E-state index >= 15 is 0 Å². The number of para-hydroxylation sites is 2. The maximum Gasteiger partial charge on any atom is 0.227 e. The van der Waals surface area contributed by atoms with Gasteiger partial charge in [0, 0.05) is 17.7 Å². The molecular weight excluding hydrogens is 374 g/mol. The third-order valence-corrected chi connectivity index (χ3v) is 5.31. The molecule has 0 saturated heterocycles. The van der Waals surface area contributed by atoms with E-state index in [4.69, 9.17) is 4.74 Å². The second-order valence-corrected chi connectivity index (χ2v) is 7.35. The number of nitrogens with one attached hydrogen (secondary N) is 1. The van der Waals surface area contributed by atoms with Gasteiger partial charge >= 0.3 is 0 Å². The van der Waals surface area contributed by atoms with E-state index in [1.807, 2.05) is 89.8 Å². The Morgan fingerprint density at radius 1 is 0.900 bits per heavy atom. The Kier molecular flexibility index (Phi) is 4.77. The second-order valence-electron chi connectivity index (χ2n) is 7.35. The lowest BCUT2D eigenvalue weighted by atomic mass is 9.98. The SMILES string of the molecule is O=C1Cc2c(-c3ccccc3Oc3ccccc3)n[nH]c2CN1Cc1ccccc1. The van der Waals surface area contributed by atoms with E-state index in [1.165, 1.54) is 0 Å². The average Bonchev–Trinajstić information content (AvgIpc) is 3.18. The molecule has 4 aromatic rings. The number of hydrogen-bond donors (Lipinski definition) is 1. The van der Waals surface area contributed by atoms with Gasteiger partial charge in [0.25, 0.3) is 0 Å². The van der Waals surface area contributed by atoms with Crippen molar-refractivity contribution in [3.05, 3.63) is 102 Å². The number of ether oxygens (including phenoxy) is 1. The molecule has 0 radical (unpaired) electrons. The Labute approximate surface area is 174 Å². The van der Waals surface area contributed by atoms with Crippen molar-refractivity contribution < 1.29 is 9.53 Å². The summed E-state index contributed by atoms with van der Waals surface area (Å²) in [6.07, 6.45) is 0.327. The molecule has 0 atom stereocenters. The van der Waals surface area contributed by atoms with E-state index in [0.717, 1.165) is 39.6 Å². The minimum Gasteiger partial charge on any atom is -0.457 e. The van der Waals surface area contributed by atoms with Crippen LogP contribution >= 0.6 is 0 Å². The molecule has 1 aromatic heterocycles. The quantitative estimate of drug-likeness (QED) is 0.520. The predicted molar refractivity (Wildman–Crippen MR) is 115 cm³/mol. The third kappa shape index (κ3) is 3.57. The number of fused-ring (bicyclic) bond motifs is 1. The highest BCUT2D eigenvalue weighted by molar-refractivity contribution is 5.84. The number of aromatic nitrogens is 2. The Bertz CT molecular complexity index is 1170. The number of carbonyl (C=O) groups excluding carboxylic acids is 1. The molecule has 0 aliphatic carbocycles. The molecule has 5 rings (SSSR count). The number of hydrogen-bond acceptors (Lipinski definition) is 3. The number of benzene rings is 3. The van der Waals surface area contributed by atoms with Gasteiger partial charge in [0.2, 0.25) is 5.91 Å². The van der Waals surface area contributed by atoms with Crippen molar-refractivity contribution in [2.24, 2.45) is 0 Å². The highest BCUT2D eigenvalue weighted by Gasteiger charge is 2.29. The van der Waals surface area contributed by atoms with Gasteiger partial charge in [-0.25, -0.2) is 0 Å². The van der Waals surface area contributed by atoms with Gasteiger partial charge in [0.15, 0.2) is 0 Å². The zero-order chi connectivity index (χ0) is 20.3. The van der Waals surface area contributed by atoms with Crippen LogP contribution in [0.25, 0.3) is 11.3 Å². The summed E-state index contributed by atoms with van der Waals surface area (Å²) < 4.78 is 6.10. The Morgan fingerprint density at radius 2 is 1.60 bits per heavy atom. The molecule has 0 saturated carbocycles. The predicted octanol–water partition coefficient (Wildman–Crippen LogP) is 4.95. The largest absolute Gasteiger partial charge is 0.457 e. The zero-order valence-corrected chi connectivity index (χ0v) is 16.4. The summed E-state index contributed by atoms with van der Waals surface area (Å²) >= 11 is 0. The molecule has 1 aliphatic rings. The summed E-state index contributed by atoms with van der Waals surface area (Å²) in [7, 11) is 0. The average molecular weight is 395 g/mol. The number of carbonyl (C=O) groups is 1. The molecule has 3 aromatic carbocycles. The van der Waals surface area contributed by atoms with Crippen LogP contribution in [-0.2, 0) is 24.3 Å².